The molecule has 1 aliphatic rings. The molecule has 0 aliphatic carbocycles. The number of esters is 1. The predicted molar refractivity (Wildman–Crippen MR) is 85.3 cm³/mol. The fourth-order valence-electron chi connectivity index (χ4n) is 2.89. The zero-order valence-electron chi connectivity index (χ0n) is 13.2. The Kier molecular flexibility index (Phi) is 3.88. The first-order valence-electron chi connectivity index (χ1n) is 7.53. The van der Waals surface area contributed by atoms with E-state index >= 15 is 0 Å². The molecule has 0 saturated heterocycles. The van der Waals surface area contributed by atoms with Crippen LogP contribution in [-0.4, -0.2) is 33.6 Å². The lowest BCUT2D eigenvalue weighted by atomic mass is 9.86. The van der Waals surface area contributed by atoms with E-state index in [1.54, 1.807) is 19.9 Å². The molecule has 2 aromatic rings. The van der Waals surface area contributed by atoms with Crippen LogP contribution in [0.3, 0.4) is 0 Å². The number of hydrogen-bond donors (Lipinski definition) is 4. The van der Waals surface area contributed by atoms with E-state index < -0.39 is 17.6 Å². The van der Waals surface area contributed by atoms with Crippen LogP contribution in [0.15, 0.2) is 16.9 Å². The number of fused-ring (bicyclic) bond motifs is 1. The summed E-state index contributed by atoms with van der Waals surface area (Å²) in [5, 5.41) is 12.5. The molecule has 3 rings (SSSR count). The second-order valence-electron chi connectivity index (χ2n) is 5.62. The molecule has 24 heavy (non-hydrogen) atoms. The molecule has 1 aromatic carbocycles. The van der Waals surface area contributed by atoms with E-state index in [9.17, 15) is 19.5 Å². The second kappa shape index (κ2) is 5.88. The Morgan fingerprint density at radius 2 is 2.08 bits per heavy atom. The standard InChI is InChI=1S/C16H17N3O5/c1-3-24-15(22)14-13(18-16(23)19-14)9-5-12(21)17-10-6-11(20)7(2)4-8(9)10/h4,6,9,20H,3,5H2,1-2H3,(H,17,21)(H2,18,19,23)/t9-/m1/s1. The number of aromatic hydroxyl groups is 1. The number of carbonyl (C=O) groups is 2. The van der Waals surface area contributed by atoms with Crippen molar-refractivity contribution in [3.8, 4) is 5.75 Å². The van der Waals surface area contributed by atoms with Gasteiger partial charge in [-0.3, -0.25) is 9.78 Å². The highest BCUT2D eigenvalue weighted by atomic mass is 16.5. The largest absolute Gasteiger partial charge is 0.508 e. The molecule has 4 N–H and O–H groups in total. The lowest BCUT2D eigenvalue weighted by Crippen LogP contribution is -2.25. The molecule has 0 bridgehead atoms. The zero-order valence-corrected chi connectivity index (χ0v) is 13.2. The van der Waals surface area contributed by atoms with Crippen molar-refractivity contribution in [1.82, 2.24) is 9.97 Å². The van der Waals surface area contributed by atoms with Crippen molar-refractivity contribution in [2.45, 2.75) is 26.2 Å². The topological polar surface area (TPSA) is 124 Å². The number of anilines is 1. The van der Waals surface area contributed by atoms with Gasteiger partial charge in [0.15, 0.2) is 0 Å². The molecule has 126 valence electrons. The van der Waals surface area contributed by atoms with Gasteiger partial charge in [-0.15, -0.1) is 0 Å². The van der Waals surface area contributed by atoms with Gasteiger partial charge >= 0.3 is 11.7 Å². The third-order valence-electron chi connectivity index (χ3n) is 3.99. The molecule has 1 amide bonds. The number of benzene rings is 1. The van der Waals surface area contributed by atoms with Crippen molar-refractivity contribution in [1.29, 1.82) is 0 Å². The van der Waals surface area contributed by atoms with Crippen LogP contribution >= 0.6 is 0 Å². The molecule has 1 aromatic heterocycles. The number of carbonyl (C=O) groups excluding carboxylic acids is 2. The van der Waals surface area contributed by atoms with Crippen LogP contribution in [0.1, 0.15) is 46.6 Å². The number of phenols is 1. The Labute approximate surface area is 136 Å². The van der Waals surface area contributed by atoms with Crippen LogP contribution in [0.2, 0.25) is 0 Å². The van der Waals surface area contributed by atoms with Crippen molar-refractivity contribution in [2.24, 2.45) is 0 Å². The van der Waals surface area contributed by atoms with Crippen molar-refractivity contribution < 1.29 is 19.4 Å². The molecule has 0 saturated carbocycles. The van der Waals surface area contributed by atoms with Crippen LogP contribution in [0.4, 0.5) is 5.69 Å². The van der Waals surface area contributed by atoms with Gasteiger partial charge in [0.2, 0.25) is 5.91 Å². The van der Waals surface area contributed by atoms with Crippen molar-refractivity contribution in [3.63, 3.8) is 0 Å². The molecule has 0 unspecified atom stereocenters. The number of nitrogens with one attached hydrogen (secondary N) is 3. The Morgan fingerprint density at radius 1 is 1.33 bits per heavy atom. The van der Waals surface area contributed by atoms with E-state index in [-0.39, 0.29) is 30.4 Å². The second-order valence-corrected chi connectivity index (χ2v) is 5.62. The predicted octanol–water partition coefficient (Wildman–Crippen LogP) is 1.37. The van der Waals surface area contributed by atoms with Crippen molar-refractivity contribution in [3.05, 3.63) is 45.1 Å². The first kappa shape index (κ1) is 15.9. The van der Waals surface area contributed by atoms with E-state index in [1.807, 2.05) is 0 Å². The first-order chi connectivity index (χ1) is 11.4. The summed E-state index contributed by atoms with van der Waals surface area (Å²) in [4.78, 5) is 40.8. The van der Waals surface area contributed by atoms with Gasteiger partial charge in [0.1, 0.15) is 11.4 Å². The van der Waals surface area contributed by atoms with Crippen LogP contribution in [-0.2, 0) is 9.53 Å². The maximum absolute atomic E-state index is 12.1. The highest BCUT2D eigenvalue weighted by molar-refractivity contribution is 5.96. The van der Waals surface area contributed by atoms with Crippen molar-refractivity contribution >= 4 is 17.6 Å². The number of H-pyrrole nitrogens is 2. The number of rotatable bonds is 3. The van der Waals surface area contributed by atoms with Crippen LogP contribution in [0.5, 0.6) is 5.75 Å². The van der Waals surface area contributed by atoms with E-state index in [0.717, 1.165) is 0 Å². The maximum Gasteiger partial charge on any atom is 0.356 e. The summed E-state index contributed by atoms with van der Waals surface area (Å²) in [6.45, 7) is 3.56. The summed E-state index contributed by atoms with van der Waals surface area (Å²) >= 11 is 0. The smallest absolute Gasteiger partial charge is 0.356 e. The molecule has 8 heteroatoms. The quantitative estimate of drug-likeness (QED) is 0.632. The number of aromatic amines is 2. The summed E-state index contributed by atoms with van der Waals surface area (Å²) in [7, 11) is 0. The normalized spacial score (nSPS) is 16.4. The maximum atomic E-state index is 12.1. The Hall–Kier alpha value is -3.03. The summed E-state index contributed by atoms with van der Waals surface area (Å²) < 4.78 is 4.96. The molecule has 0 fully saturated rings. The van der Waals surface area contributed by atoms with Gasteiger partial charge in [0.25, 0.3) is 0 Å². The van der Waals surface area contributed by atoms with Gasteiger partial charge in [-0.25, -0.2) is 9.59 Å². The van der Waals surface area contributed by atoms with Gasteiger partial charge < -0.3 is 20.1 Å². The van der Waals surface area contributed by atoms with E-state index in [1.165, 1.54) is 6.07 Å². The molecular weight excluding hydrogens is 314 g/mol. The molecule has 0 spiro atoms. The van der Waals surface area contributed by atoms with Gasteiger partial charge in [0, 0.05) is 24.1 Å². The number of aromatic nitrogens is 2. The molecule has 8 nitrogen and oxygen atoms in total. The van der Waals surface area contributed by atoms with Gasteiger partial charge in [-0.2, -0.15) is 0 Å². The van der Waals surface area contributed by atoms with E-state index in [2.05, 4.69) is 15.3 Å². The molecule has 0 radical (unpaired) electrons. The highest BCUT2D eigenvalue weighted by Gasteiger charge is 2.32. The third-order valence-corrected chi connectivity index (χ3v) is 3.99. The number of imidazole rings is 1. The minimum Gasteiger partial charge on any atom is -0.508 e. The third kappa shape index (κ3) is 2.66. The monoisotopic (exact) mass is 331 g/mol. The zero-order chi connectivity index (χ0) is 17.4. The fourth-order valence-corrected chi connectivity index (χ4v) is 2.89. The Balaban J connectivity index is 2.15. The SMILES string of the molecule is CCOC(=O)c1[nH]c(=O)[nH]c1[C@@H]1CC(=O)Nc2cc(O)c(C)cc21. The summed E-state index contributed by atoms with van der Waals surface area (Å²) in [6, 6.07) is 3.19. The van der Waals surface area contributed by atoms with Gasteiger partial charge in [0.05, 0.1) is 12.3 Å². The number of hydrogen-bond acceptors (Lipinski definition) is 5. The van der Waals surface area contributed by atoms with Crippen LogP contribution < -0.4 is 11.0 Å². The minimum absolute atomic E-state index is 0.0122. The molecule has 2 heterocycles. The van der Waals surface area contributed by atoms with Crippen LogP contribution in [0.25, 0.3) is 0 Å². The first-order valence-corrected chi connectivity index (χ1v) is 7.53. The van der Waals surface area contributed by atoms with E-state index in [0.29, 0.717) is 22.5 Å². The van der Waals surface area contributed by atoms with Crippen LogP contribution in [0, 0.1) is 6.92 Å². The Morgan fingerprint density at radius 3 is 2.79 bits per heavy atom. The summed E-state index contributed by atoms with van der Waals surface area (Å²) in [5.41, 5.74) is 1.57. The Bertz CT molecular complexity index is 880. The average Bonchev–Trinajstić information content (AvgIpc) is 2.90. The molecular formula is C16H17N3O5. The number of aryl methyl sites for hydroxylation is 1. The lowest BCUT2D eigenvalue weighted by molar-refractivity contribution is -0.116. The number of phenolic OH excluding ortho intramolecular Hbond substituents is 1. The number of ether oxygens (including phenoxy) is 1. The lowest BCUT2D eigenvalue weighted by Gasteiger charge is -2.26. The molecule has 1 atom stereocenters. The summed E-state index contributed by atoms with van der Waals surface area (Å²) in [6.07, 6.45) is 0.0669. The number of amides is 1. The van der Waals surface area contributed by atoms with E-state index in [4.69, 9.17) is 4.74 Å². The van der Waals surface area contributed by atoms with Crippen molar-refractivity contribution in [2.75, 3.05) is 11.9 Å². The average molecular weight is 331 g/mol. The highest BCUT2D eigenvalue weighted by Crippen LogP contribution is 2.40. The van der Waals surface area contributed by atoms with Gasteiger partial charge in [-0.1, -0.05) is 0 Å². The molecule has 1 aliphatic heterocycles. The summed E-state index contributed by atoms with van der Waals surface area (Å²) in [5.74, 6) is -1.39. The fraction of sp³-hybridized carbons (Fsp3) is 0.312. The van der Waals surface area contributed by atoms with Gasteiger partial charge in [-0.05, 0) is 31.0 Å². The minimum atomic E-state index is -0.658.